The van der Waals surface area contributed by atoms with Crippen LogP contribution in [-0.4, -0.2) is 31.2 Å². The van der Waals surface area contributed by atoms with Gasteiger partial charge < -0.3 is 5.32 Å². The summed E-state index contributed by atoms with van der Waals surface area (Å²) in [4.78, 5) is 11.4. The molecule has 0 atom stereocenters. The van der Waals surface area contributed by atoms with Crippen molar-refractivity contribution in [2.24, 2.45) is 0 Å². The van der Waals surface area contributed by atoms with E-state index in [1.54, 1.807) is 24.3 Å². The second kappa shape index (κ2) is 5.62. The Morgan fingerprint density at radius 1 is 1.38 bits per heavy atom. The van der Waals surface area contributed by atoms with Gasteiger partial charge in [-0.2, -0.15) is 8.42 Å². The molecule has 0 aliphatic carbocycles. The van der Waals surface area contributed by atoms with Gasteiger partial charge in [0.15, 0.2) is 0 Å². The average Bonchev–Trinajstić information content (AvgIpc) is 2.24. The molecule has 1 radical (unpaired) electrons. The van der Waals surface area contributed by atoms with Crippen LogP contribution in [0.2, 0.25) is 0 Å². The number of carbonyl (C=O) groups excluding carboxylic acids is 1. The molecule has 6 heteroatoms. The van der Waals surface area contributed by atoms with Gasteiger partial charge >= 0.3 is 0 Å². The molecule has 0 spiro atoms. The van der Waals surface area contributed by atoms with E-state index in [0.717, 1.165) is 0 Å². The molecule has 1 rings (SSSR count). The Balaban J connectivity index is 2.32. The number of hydrogen-bond acceptors (Lipinski definition) is 3. The Hall–Kier alpha value is -1.40. The molecule has 0 saturated heterocycles. The summed E-state index contributed by atoms with van der Waals surface area (Å²) in [5.74, 6) is -0.625. The molecular formula is C10H12NO4S. The number of amides is 1. The Kier molecular flexibility index (Phi) is 4.45. The summed E-state index contributed by atoms with van der Waals surface area (Å²) in [6.07, 6.45) is 0.184. The number of rotatable bonds is 5. The van der Waals surface area contributed by atoms with Crippen LogP contribution in [0.25, 0.3) is 0 Å². The lowest BCUT2D eigenvalue weighted by molar-refractivity contribution is 0.0953. The van der Waals surface area contributed by atoms with Crippen LogP contribution in [0.3, 0.4) is 0 Å². The predicted molar refractivity (Wildman–Crippen MR) is 58.6 cm³/mol. The van der Waals surface area contributed by atoms with E-state index in [0.29, 0.717) is 5.56 Å². The zero-order chi connectivity index (χ0) is 12.0. The van der Waals surface area contributed by atoms with Gasteiger partial charge in [0.1, 0.15) is 0 Å². The quantitative estimate of drug-likeness (QED) is 0.581. The smallest absolute Gasteiger partial charge is 0.264 e. The maximum absolute atomic E-state index is 11.4. The van der Waals surface area contributed by atoms with Crippen molar-refractivity contribution < 1.29 is 17.8 Å². The first-order valence-corrected chi connectivity index (χ1v) is 6.29. The highest BCUT2D eigenvalue weighted by molar-refractivity contribution is 7.85. The molecule has 87 valence electrons. The SMILES string of the molecule is O=C(NCCCS(=O)(=O)O)c1cc[c]cc1. The first kappa shape index (κ1) is 12.7. The standard InChI is InChI=1S/C10H12NO4S/c12-10(9-5-2-1-3-6-9)11-7-4-8-16(13,14)15/h2-3,5-6H,4,7-8H2,(H,11,12)(H,13,14,15). The van der Waals surface area contributed by atoms with Crippen LogP contribution in [-0.2, 0) is 10.1 Å². The van der Waals surface area contributed by atoms with E-state index in [2.05, 4.69) is 11.4 Å². The molecule has 0 bridgehead atoms. The van der Waals surface area contributed by atoms with E-state index in [4.69, 9.17) is 4.55 Å². The average molecular weight is 242 g/mol. The lowest BCUT2D eigenvalue weighted by Crippen LogP contribution is -2.25. The van der Waals surface area contributed by atoms with Crippen molar-refractivity contribution in [3.8, 4) is 0 Å². The van der Waals surface area contributed by atoms with Crippen molar-refractivity contribution >= 4 is 16.0 Å². The highest BCUT2D eigenvalue weighted by Gasteiger charge is 2.06. The Morgan fingerprint density at radius 2 is 2.00 bits per heavy atom. The molecular weight excluding hydrogens is 230 g/mol. The molecule has 1 aromatic carbocycles. The molecule has 1 aromatic rings. The third-order valence-corrected chi connectivity index (χ3v) is 2.65. The molecule has 0 heterocycles. The maximum Gasteiger partial charge on any atom is 0.264 e. The van der Waals surface area contributed by atoms with Crippen molar-refractivity contribution in [1.29, 1.82) is 0 Å². The summed E-state index contributed by atoms with van der Waals surface area (Å²) in [6, 6.07) is 9.24. The van der Waals surface area contributed by atoms with Crippen molar-refractivity contribution in [3.63, 3.8) is 0 Å². The summed E-state index contributed by atoms with van der Waals surface area (Å²) >= 11 is 0. The first-order valence-electron chi connectivity index (χ1n) is 4.68. The van der Waals surface area contributed by atoms with Gasteiger partial charge in [0, 0.05) is 12.1 Å². The van der Waals surface area contributed by atoms with Gasteiger partial charge in [-0.1, -0.05) is 12.1 Å². The lowest BCUT2D eigenvalue weighted by atomic mass is 10.2. The van der Waals surface area contributed by atoms with Gasteiger partial charge in [-0.05, 0) is 24.6 Å². The second-order valence-electron chi connectivity index (χ2n) is 3.18. The Morgan fingerprint density at radius 3 is 2.56 bits per heavy atom. The van der Waals surface area contributed by atoms with Gasteiger partial charge in [-0.3, -0.25) is 9.35 Å². The highest BCUT2D eigenvalue weighted by atomic mass is 32.2. The predicted octanol–water partition coefficient (Wildman–Crippen LogP) is 0.494. The minimum Gasteiger partial charge on any atom is -0.352 e. The fourth-order valence-corrected chi connectivity index (χ4v) is 1.61. The molecule has 0 unspecified atom stereocenters. The third kappa shape index (κ3) is 4.90. The van der Waals surface area contributed by atoms with Gasteiger partial charge in [0.25, 0.3) is 16.0 Å². The van der Waals surface area contributed by atoms with E-state index < -0.39 is 10.1 Å². The Bertz CT molecular complexity index is 441. The van der Waals surface area contributed by atoms with Gasteiger partial charge in [-0.25, -0.2) is 0 Å². The van der Waals surface area contributed by atoms with Crippen LogP contribution >= 0.6 is 0 Å². The van der Waals surface area contributed by atoms with Crippen molar-refractivity contribution in [1.82, 2.24) is 5.32 Å². The highest BCUT2D eigenvalue weighted by Crippen LogP contribution is 1.97. The molecule has 0 aliphatic heterocycles. The summed E-state index contributed by atoms with van der Waals surface area (Å²) in [7, 11) is -3.94. The van der Waals surface area contributed by atoms with E-state index >= 15 is 0 Å². The van der Waals surface area contributed by atoms with Gasteiger partial charge in [-0.15, -0.1) is 0 Å². The van der Waals surface area contributed by atoms with Gasteiger partial charge in [0.05, 0.1) is 5.75 Å². The molecule has 0 fully saturated rings. The van der Waals surface area contributed by atoms with Gasteiger partial charge in [0.2, 0.25) is 0 Å². The van der Waals surface area contributed by atoms with Crippen LogP contribution in [0, 0.1) is 6.07 Å². The fraction of sp³-hybridized carbons (Fsp3) is 0.300. The third-order valence-electron chi connectivity index (χ3n) is 1.85. The van der Waals surface area contributed by atoms with Crippen molar-refractivity contribution in [3.05, 3.63) is 35.9 Å². The van der Waals surface area contributed by atoms with Crippen LogP contribution < -0.4 is 5.32 Å². The number of carbonyl (C=O) groups is 1. The van der Waals surface area contributed by atoms with E-state index in [9.17, 15) is 13.2 Å². The van der Waals surface area contributed by atoms with Crippen LogP contribution in [0.5, 0.6) is 0 Å². The Labute approximate surface area is 94.2 Å². The molecule has 16 heavy (non-hydrogen) atoms. The summed E-state index contributed by atoms with van der Waals surface area (Å²) in [5, 5.41) is 2.54. The fourth-order valence-electron chi connectivity index (χ4n) is 1.10. The minimum absolute atomic E-state index is 0.184. The topological polar surface area (TPSA) is 83.5 Å². The molecule has 5 nitrogen and oxygen atoms in total. The number of benzene rings is 1. The molecule has 2 N–H and O–H groups in total. The number of hydrogen-bond donors (Lipinski definition) is 2. The second-order valence-corrected chi connectivity index (χ2v) is 4.76. The van der Waals surface area contributed by atoms with Crippen LogP contribution in [0.15, 0.2) is 24.3 Å². The minimum atomic E-state index is -3.94. The van der Waals surface area contributed by atoms with Crippen LogP contribution in [0.4, 0.5) is 0 Å². The summed E-state index contributed by atoms with van der Waals surface area (Å²) in [6.45, 7) is 0.206. The normalized spacial score (nSPS) is 11.1. The summed E-state index contributed by atoms with van der Waals surface area (Å²) in [5.41, 5.74) is 0.491. The molecule has 0 saturated carbocycles. The molecule has 1 amide bonds. The summed E-state index contributed by atoms with van der Waals surface area (Å²) < 4.78 is 29.2. The first-order chi connectivity index (χ1) is 7.49. The van der Waals surface area contributed by atoms with Crippen molar-refractivity contribution in [2.75, 3.05) is 12.3 Å². The maximum atomic E-state index is 11.4. The van der Waals surface area contributed by atoms with Crippen molar-refractivity contribution in [2.45, 2.75) is 6.42 Å². The zero-order valence-electron chi connectivity index (χ0n) is 8.51. The monoisotopic (exact) mass is 242 g/mol. The largest absolute Gasteiger partial charge is 0.352 e. The van der Waals surface area contributed by atoms with Crippen LogP contribution in [0.1, 0.15) is 16.8 Å². The van der Waals surface area contributed by atoms with E-state index in [-0.39, 0.29) is 24.6 Å². The molecule has 0 aromatic heterocycles. The molecule has 0 aliphatic rings. The lowest BCUT2D eigenvalue weighted by Gasteiger charge is -2.03. The number of nitrogens with one attached hydrogen (secondary N) is 1. The van der Waals surface area contributed by atoms with E-state index in [1.165, 1.54) is 0 Å². The van der Waals surface area contributed by atoms with E-state index in [1.807, 2.05) is 0 Å². The zero-order valence-corrected chi connectivity index (χ0v) is 9.33.